The van der Waals surface area contributed by atoms with Gasteiger partial charge in [-0.05, 0) is 66.6 Å². The quantitative estimate of drug-likeness (QED) is 0.309. The third kappa shape index (κ3) is 4.84. The molecule has 1 atom stereocenters. The minimum Gasteiger partial charge on any atom is -0.478 e. The highest BCUT2D eigenvalue weighted by Gasteiger charge is 2.29. The smallest absolute Gasteiger partial charge is 0.335 e. The molecule has 12 heteroatoms. The van der Waals surface area contributed by atoms with Crippen LogP contribution in [0.1, 0.15) is 78.9 Å². The number of aromatic carboxylic acids is 1. The first kappa shape index (κ1) is 27.1. The van der Waals surface area contributed by atoms with Crippen molar-refractivity contribution in [1.82, 2.24) is 25.2 Å². The number of nitrogens with zero attached hydrogens (tertiary/aromatic N) is 4. The van der Waals surface area contributed by atoms with Crippen LogP contribution in [0.3, 0.4) is 0 Å². The summed E-state index contributed by atoms with van der Waals surface area (Å²) in [5.74, 6) is -2.94. The average molecular weight is 571 g/mol. The summed E-state index contributed by atoms with van der Waals surface area (Å²) < 4.78 is 15.6. The Bertz CT molecular complexity index is 1780. The molecule has 0 unspecified atom stereocenters. The topological polar surface area (TPSA) is 146 Å². The van der Waals surface area contributed by atoms with E-state index in [1.165, 1.54) is 12.1 Å². The lowest BCUT2D eigenvalue weighted by atomic mass is 9.98. The van der Waals surface area contributed by atoms with Crippen LogP contribution < -0.4 is 15.5 Å². The van der Waals surface area contributed by atoms with E-state index in [2.05, 4.69) is 20.7 Å². The fraction of sp³-hybridized carbons (Fsp3) is 0.267. The second kappa shape index (κ2) is 10.7. The lowest BCUT2D eigenvalue weighted by Gasteiger charge is -2.17. The predicted molar refractivity (Wildman–Crippen MR) is 149 cm³/mol. The summed E-state index contributed by atoms with van der Waals surface area (Å²) in [5, 5.41) is 19.1. The van der Waals surface area contributed by atoms with E-state index < -0.39 is 29.6 Å². The molecule has 3 amide bonds. The number of carboxylic acids is 1. The number of carboxylic acid groups (broad SMARTS) is 1. The Morgan fingerprint density at radius 2 is 1.95 bits per heavy atom. The van der Waals surface area contributed by atoms with Crippen LogP contribution in [0.15, 0.2) is 48.7 Å². The van der Waals surface area contributed by atoms with Crippen molar-refractivity contribution in [3.63, 3.8) is 0 Å². The number of aromatic nitrogens is 3. The van der Waals surface area contributed by atoms with Gasteiger partial charge in [-0.2, -0.15) is 5.10 Å². The number of nitrogens with one attached hydrogen (secondary N) is 2. The van der Waals surface area contributed by atoms with Crippen LogP contribution in [0.25, 0.3) is 5.65 Å². The van der Waals surface area contributed by atoms with Gasteiger partial charge >= 0.3 is 5.97 Å². The maximum Gasteiger partial charge on any atom is 0.335 e. The molecule has 42 heavy (non-hydrogen) atoms. The van der Waals surface area contributed by atoms with E-state index in [1.54, 1.807) is 17.9 Å². The van der Waals surface area contributed by atoms with E-state index in [9.17, 15) is 28.7 Å². The van der Waals surface area contributed by atoms with Crippen molar-refractivity contribution < 1.29 is 28.7 Å². The maximum atomic E-state index is 14.6. The lowest BCUT2D eigenvalue weighted by Crippen LogP contribution is -2.31. The zero-order chi connectivity index (χ0) is 29.5. The van der Waals surface area contributed by atoms with E-state index >= 15 is 0 Å². The van der Waals surface area contributed by atoms with Gasteiger partial charge in [0.2, 0.25) is 5.91 Å². The number of amides is 3. The first-order chi connectivity index (χ1) is 20.2. The summed E-state index contributed by atoms with van der Waals surface area (Å²) in [7, 11) is 0. The van der Waals surface area contributed by atoms with Gasteiger partial charge in [-0.3, -0.25) is 14.4 Å². The van der Waals surface area contributed by atoms with Crippen LogP contribution >= 0.6 is 0 Å². The van der Waals surface area contributed by atoms with E-state index in [1.807, 2.05) is 24.3 Å². The summed E-state index contributed by atoms with van der Waals surface area (Å²) >= 11 is 0. The average Bonchev–Trinajstić information content (AvgIpc) is 3.70. The van der Waals surface area contributed by atoms with Gasteiger partial charge in [0.05, 0.1) is 17.8 Å². The van der Waals surface area contributed by atoms with Gasteiger partial charge in [-0.1, -0.05) is 18.2 Å². The van der Waals surface area contributed by atoms with Crippen molar-refractivity contribution in [3.8, 4) is 0 Å². The van der Waals surface area contributed by atoms with E-state index in [-0.39, 0.29) is 35.1 Å². The molecule has 1 fully saturated rings. The number of carbonyl (C=O) groups excluding carboxylic acids is 3. The molecule has 1 saturated heterocycles. The van der Waals surface area contributed by atoms with Crippen LogP contribution in [0.4, 0.5) is 10.1 Å². The Morgan fingerprint density at radius 1 is 1.12 bits per heavy atom. The standard InChI is InChI=1S/C30H27FN6O5/c1-16-19-9-10-23(21(19)8-7-20(16)30(41)42)35-29(40)25-13-24(34-27-22(31)15-33-37(25)27)28(39)32-14-17-4-2-5-18(12-17)36-11-3-6-26(36)38/h2,4-5,7-8,12-13,15,23H,3,6,9-11,14H2,1H3,(H,32,39)(H,35,40)(H,41,42)/t23-/m0/s1. The molecular weight excluding hydrogens is 543 g/mol. The molecule has 2 aromatic carbocycles. The van der Waals surface area contributed by atoms with Crippen molar-refractivity contribution >= 4 is 35.0 Å². The summed E-state index contributed by atoms with van der Waals surface area (Å²) in [6.07, 6.45) is 3.38. The number of anilines is 1. The van der Waals surface area contributed by atoms with Crippen molar-refractivity contribution in [3.05, 3.63) is 93.7 Å². The zero-order valence-electron chi connectivity index (χ0n) is 22.7. The Hall–Kier alpha value is -5.13. The molecule has 4 aromatic rings. The minimum atomic E-state index is -1.01. The number of fused-ring (bicyclic) bond motifs is 2. The normalized spacial score (nSPS) is 16.1. The Morgan fingerprint density at radius 3 is 2.71 bits per heavy atom. The number of hydrogen-bond acceptors (Lipinski definition) is 6. The molecule has 3 heterocycles. The number of halogens is 1. The third-order valence-electron chi connectivity index (χ3n) is 7.87. The highest BCUT2D eigenvalue weighted by atomic mass is 19.1. The Labute approximate surface area is 239 Å². The van der Waals surface area contributed by atoms with Crippen LogP contribution in [0, 0.1) is 12.7 Å². The molecule has 2 aromatic heterocycles. The SMILES string of the molecule is Cc1c(C(=O)O)ccc2c1CC[C@@H]2NC(=O)c1cc(C(=O)NCc2cccc(N3CCCC3=O)c2)nc2c(F)cnn12. The Balaban J connectivity index is 1.22. The maximum absolute atomic E-state index is 14.6. The molecule has 0 bridgehead atoms. The fourth-order valence-electron chi connectivity index (χ4n) is 5.74. The van der Waals surface area contributed by atoms with Crippen molar-refractivity contribution in [1.29, 1.82) is 0 Å². The van der Waals surface area contributed by atoms with Gasteiger partial charge in [0.25, 0.3) is 11.8 Å². The van der Waals surface area contributed by atoms with E-state index in [0.29, 0.717) is 31.4 Å². The van der Waals surface area contributed by atoms with Crippen molar-refractivity contribution in [2.24, 2.45) is 0 Å². The van der Waals surface area contributed by atoms with Gasteiger partial charge in [0.15, 0.2) is 11.5 Å². The molecule has 11 nitrogen and oxygen atoms in total. The van der Waals surface area contributed by atoms with Gasteiger partial charge in [0, 0.05) is 31.3 Å². The van der Waals surface area contributed by atoms with Crippen LogP contribution in [0.2, 0.25) is 0 Å². The molecule has 6 rings (SSSR count). The molecule has 0 spiro atoms. The molecule has 0 radical (unpaired) electrons. The molecular formula is C30H27FN6O5. The summed E-state index contributed by atoms with van der Waals surface area (Å²) in [5.41, 5.74) is 3.59. The molecule has 3 N–H and O–H groups in total. The van der Waals surface area contributed by atoms with Crippen LogP contribution in [-0.2, 0) is 17.8 Å². The van der Waals surface area contributed by atoms with E-state index in [4.69, 9.17) is 0 Å². The van der Waals surface area contributed by atoms with Crippen LogP contribution in [-0.4, -0.2) is 49.9 Å². The zero-order valence-corrected chi connectivity index (χ0v) is 22.7. The molecule has 0 saturated carbocycles. The van der Waals surface area contributed by atoms with Gasteiger partial charge < -0.3 is 20.6 Å². The molecule has 214 valence electrons. The predicted octanol–water partition coefficient (Wildman–Crippen LogP) is 3.35. The molecule has 1 aliphatic carbocycles. The monoisotopic (exact) mass is 570 g/mol. The number of benzene rings is 2. The first-order valence-electron chi connectivity index (χ1n) is 13.6. The number of rotatable bonds is 7. The largest absolute Gasteiger partial charge is 0.478 e. The highest BCUT2D eigenvalue weighted by molar-refractivity contribution is 5.99. The fourth-order valence-corrected chi connectivity index (χ4v) is 5.74. The first-order valence-corrected chi connectivity index (χ1v) is 13.6. The summed E-state index contributed by atoms with van der Waals surface area (Å²) in [6, 6.07) is 11.4. The summed E-state index contributed by atoms with van der Waals surface area (Å²) in [6.45, 7) is 2.52. The lowest BCUT2D eigenvalue weighted by molar-refractivity contribution is -0.117. The van der Waals surface area contributed by atoms with Gasteiger partial charge in [-0.15, -0.1) is 0 Å². The second-order valence-corrected chi connectivity index (χ2v) is 10.4. The number of carbonyl (C=O) groups is 4. The summed E-state index contributed by atoms with van der Waals surface area (Å²) in [4.78, 5) is 56.0. The number of hydrogen-bond donors (Lipinski definition) is 3. The van der Waals surface area contributed by atoms with Gasteiger partial charge in [0.1, 0.15) is 11.4 Å². The Kier molecular flexibility index (Phi) is 6.89. The molecule has 1 aliphatic heterocycles. The second-order valence-electron chi connectivity index (χ2n) is 10.4. The van der Waals surface area contributed by atoms with E-state index in [0.717, 1.165) is 39.5 Å². The van der Waals surface area contributed by atoms with Crippen molar-refractivity contribution in [2.75, 3.05) is 11.4 Å². The van der Waals surface area contributed by atoms with Gasteiger partial charge in [-0.25, -0.2) is 18.7 Å². The van der Waals surface area contributed by atoms with Crippen molar-refractivity contribution in [2.45, 2.75) is 45.2 Å². The molecule has 2 aliphatic rings. The highest BCUT2D eigenvalue weighted by Crippen LogP contribution is 2.35. The minimum absolute atomic E-state index is 0.0589. The van der Waals surface area contributed by atoms with Crippen LogP contribution in [0.5, 0.6) is 0 Å². The third-order valence-corrected chi connectivity index (χ3v) is 7.87.